The second-order valence-electron chi connectivity index (χ2n) is 3.35. The zero-order valence-corrected chi connectivity index (χ0v) is 9.88. The summed E-state index contributed by atoms with van der Waals surface area (Å²) in [5.41, 5.74) is 1.18. The molecular weight excluding hydrogens is 195 g/mol. The van der Waals surface area contributed by atoms with Crippen LogP contribution in [0.3, 0.4) is 0 Å². The summed E-state index contributed by atoms with van der Waals surface area (Å²) in [6.45, 7) is 5.82. The molecular formula is C11H17O2P. The van der Waals surface area contributed by atoms with Gasteiger partial charge in [0.1, 0.15) is 5.75 Å². The molecule has 0 saturated heterocycles. The Bertz CT molecular complexity index is 322. The van der Waals surface area contributed by atoms with Crippen LogP contribution < -0.4 is 4.52 Å². The van der Waals surface area contributed by atoms with Gasteiger partial charge < -0.3 is 4.52 Å². The molecule has 0 amide bonds. The quantitative estimate of drug-likeness (QED) is 0.711. The fourth-order valence-electron chi connectivity index (χ4n) is 1.14. The van der Waals surface area contributed by atoms with Crippen LogP contribution in [0.25, 0.3) is 0 Å². The Morgan fingerprint density at radius 3 is 2.07 bits per heavy atom. The molecule has 0 radical (unpaired) electrons. The lowest BCUT2D eigenvalue weighted by atomic mass is 10.2. The van der Waals surface area contributed by atoms with Gasteiger partial charge in [-0.1, -0.05) is 31.5 Å². The molecule has 2 nitrogen and oxygen atoms in total. The summed E-state index contributed by atoms with van der Waals surface area (Å²) in [6.07, 6.45) is 1.19. The molecule has 0 aliphatic rings. The van der Waals surface area contributed by atoms with Crippen LogP contribution in [0.4, 0.5) is 0 Å². The van der Waals surface area contributed by atoms with E-state index in [-0.39, 0.29) is 0 Å². The van der Waals surface area contributed by atoms with Crippen molar-refractivity contribution in [3.63, 3.8) is 0 Å². The second-order valence-corrected chi connectivity index (χ2v) is 6.43. The molecule has 14 heavy (non-hydrogen) atoms. The lowest BCUT2D eigenvalue weighted by molar-refractivity contribution is 0.484. The van der Waals surface area contributed by atoms with Crippen LogP contribution in [0, 0.1) is 6.92 Å². The zero-order chi connectivity index (χ0) is 10.6. The van der Waals surface area contributed by atoms with Gasteiger partial charge in [-0.2, -0.15) is 0 Å². The summed E-state index contributed by atoms with van der Waals surface area (Å²) >= 11 is 0. The minimum Gasteiger partial charge on any atom is -0.443 e. The molecule has 0 aliphatic carbocycles. The van der Waals surface area contributed by atoms with Crippen LogP contribution in [0.1, 0.15) is 19.4 Å². The van der Waals surface area contributed by atoms with Gasteiger partial charge in [-0.25, -0.2) is 0 Å². The van der Waals surface area contributed by atoms with E-state index >= 15 is 0 Å². The summed E-state index contributed by atoms with van der Waals surface area (Å²) in [4.78, 5) is 0. The second kappa shape index (κ2) is 4.65. The van der Waals surface area contributed by atoms with E-state index in [1.165, 1.54) is 5.56 Å². The summed E-state index contributed by atoms with van der Waals surface area (Å²) in [7, 11) is -2.42. The number of hydrogen-bond acceptors (Lipinski definition) is 2. The molecule has 0 N–H and O–H groups in total. The minimum absolute atomic E-state index is 0.595. The summed E-state index contributed by atoms with van der Waals surface area (Å²) in [6, 6.07) is 7.66. The largest absolute Gasteiger partial charge is 0.443 e. The van der Waals surface area contributed by atoms with E-state index in [9.17, 15) is 4.57 Å². The summed E-state index contributed by atoms with van der Waals surface area (Å²) in [5, 5.41) is 0. The first kappa shape index (κ1) is 11.3. The number of hydrogen-bond donors (Lipinski definition) is 0. The topological polar surface area (TPSA) is 26.3 Å². The Labute approximate surface area is 85.7 Å². The van der Waals surface area contributed by atoms with Crippen LogP contribution in [-0.4, -0.2) is 12.3 Å². The first-order valence-corrected chi connectivity index (χ1v) is 6.93. The molecule has 0 fully saturated rings. The van der Waals surface area contributed by atoms with Crippen LogP contribution in [0.5, 0.6) is 5.75 Å². The van der Waals surface area contributed by atoms with E-state index < -0.39 is 7.37 Å². The van der Waals surface area contributed by atoms with Gasteiger partial charge in [-0.3, -0.25) is 4.57 Å². The maximum Gasteiger partial charge on any atom is 0.247 e. The van der Waals surface area contributed by atoms with E-state index in [4.69, 9.17) is 4.52 Å². The normalized spacial score (nSPS) is 11.4. The van der Waals surface area contributed by atoms with Gasteiger partial charge in [0.2, 0.25) is 7.37 Å². The zero-order valence-electron chi connectivity index (χ0n) is 8.99. The van der Waals surface area contributed by atoms with Crippen molar-refractivity contribution in [1.82, 2.24) is 0 Å². The molecule has 0 saturated carbocycles. The average molecular weight is 212 g/mol. The van der Waals surface area contributed by atoms with Crippen molar-refractivity contribution in [1.29, 1.82) is 0 Å². The minimum atomic E-state index is -2.42. The first-order valence-electron chi connectivity index (χ1n) is 4.94. The van der Waals surface area contributed by atoms with Crippen molar-refractivity contribution in [2.24, 2.45) is 0 Å². The Morgan fingerprint density at radius 1 is 1.14 bits per heavy atom. The van der Waals surface area contributed by atoms with E-state index in [0.29, 0.717) is 18.1 Å². The molecule has 0 aromatic heterocycles. The molecule has 0 aliphatic heterocycles. The molecule has 0 atom stereocenters. The predicted octanol–water partition coefficient (Wildman–Crippen LogP) is 3.69. The number of benzene rings is 1. The highest BCUT2D eigenvalue weighted by molar-refractivity contribution is 7.59. The van der Waals surface area contributed by atoms with E-state index in [1.807, 2.05) is 45.0 Å². The molecule has 0 heterocycles. The number of rotatable bonds is 4. The fourth-order valence-corrected chi connectivity index (χ4v) is 2.36. The maximum atomic E-state index is 12.0. The van der Waals surface area contributed by atoms with Gasteiger partial charge in [0.25, 0.3) is 0 Å². The van der Waals surface area contributed by atoms with Crippen molar-refractivity contribution >= 4 is 7.37 Å². The molecule has 1 aromatic rings. The molecule has 1 aromatic carbocycles. The van der Waals surface area contributed by atoms with Gasteiger partial charge >= 0.3 is 0 Å². The van der Waals surface area contributed by atoms with E-state index in [2.05, 4.69) is 0 Å². The Kier molecular flexibility index (Phi) is 3.77. The molecule has 0 unspecified atom stereocenters. The Morgan fingerprint density at radius 2 is 1.64 bits per heavy atom. The average Bonchev–Trinajstić information content (AvgIpc) is 2.21. The molecule has 1 rings (SSSR count). The third-order valence-electron chi connectivity index (χ3n) is 2.26. The first-order chi connectivity index (χ1) is 6.59. The van der Waals surface area contributed by atoms with E-state index in [0.717, 1.165) is 0 Å². The highest BCUT2D eigenvalue weighted by atomic mass is 31.2. The fraction of sp³-hybridized carbons (Fsp3) is 0.455. The lowest BCUT2D eigenvalue weighted by Crippen LogP contribution is -1.98. The van der Waals surface area contributed by atoms with E-state index in [1.54, 1.807) is 0 Å². The van der Waals surface area contributed by atoms with Gasteiger partial charge in [0.05, 0.1) is 0 Å². The summed E-state index contributed by atoms with van der Waals surface area (Å²) in [5.74, 6) is 0.711. The van der Waals surface area contributed by atoms with Crippen molar-refractivity contribution in [3.05, 3.63) is 29.8 Å². The Hall–Kier alpha value is -0.750. The van der Waals surface area contributed by atoms with Crippen LogP contribution in [-0.2, 0) is 4.57 Å². The molecule has 3 heteroatoms. The highest BCUT2D eigenvalue weighted by Crippen LogP contribution is 2.45. The lowest BCUT2D eigenvalue weighted by Gasteiger charge is -2.16. The Balaban J connectivity index is 2.78. The standard InChI is InChI=1S/C11H17O2P/c1-4-14(12,5-2)13-11-8-6-10(3)7-9-11/h6-9H,4-5H2,1-3H3. The smallest absolute Gasteiger partial charge is 0.247 e. The SMILES string of the molecule is CCP(=O)(CC)Oc1ccc(C)cc1. The van der Waals surface area contributed by atoms with Crippen molar-refractivity contribution in [2.45, 2.75) is 20.8 Å². The van der Waals surface area contributed by atoms with Crippen molar-refractivity contribution in [3.8, 4) is 5.75 Å². The third-order valence-corrected chi connectivity index (χ3v) is 4.73. The third kappa shape index (κ3) is 2.88. The van der Waals surface area contributed by atoms with Gasteiger partial charge in [-0.15, -0.1) is 0 Å². The molecule has 78 valence electrons. The monoisotopic (exact) mass is 212 g/mol. The van der Waals surface area contributed by atoms with Gasteiger partial charge in [0, 0.05) is 12.3 Å². The highest BCUT2D eigenvalue weighted by Gasteiger charge is 2.18. The van der Waals surface area contributed by atoms with Gasteiger partial charge in [-0.05, 0) is 19.1 Å². The number of aryl methyl sites for hydroxylation is 1. The van der Waals surface area contributed by atoms with Crippen molar-refractivity contribution < 1.29 is 9.09 Å². The van der Waals surface area contributed by atoms with Crippen LogP contribution in [0.15, 0.2) is 24.3 Å². The van der Waals surface area contributed by atoms with Gasteiger partial charge in [0.15, 0.2) is 0 Å². The van der Waals surface area contributed by atoms with Crippen molar-refractivity contribution in [2.75, 3.05) is 12.3 Å². The van der Waals surface area contributed by atoms with Crippen LogP contribution in [0.2, 0.25) is 0 Å². The molecule has 0 bridgehead atoms. The summed E-state index contributed by atoms with van der Waals surface area (Å²) < 4.78 is 17.5. The maximum absolute atomic E-state index is 12.0. The molecule has 0 spiro atoms. The van der Waals surface area contributed by atoms with Crippen LogP contribution >= 0.6 is 7.37 Å². The predicted molar refractivity (Wildman–Crippen MR) is 60.5 cm³/mol.